The molecule has 0 saturated carbocycles. The molecule has 5 heterocycles. The second kappa shape index (κ2) is 10.9. The van der Waals surface area contributed by atoms with Crippen molar-refractivity contribution in [1.82, 2.24) is 24.9 Å². The number of carbonyl (C=O) groups excluding carboxylic acids is 2. The number of hydrogen-bond donors (Lipinski definition) is 2. The number of nitrogens with zero attached hydrogens (tertiary/aromatic N) is 3. The quantitative estimate of drug-likeness (QED) is 0.363. The number of allylic oxidation sites excluding steroid dienone is 4. The van der Waals surface area contributed by atoms with Crippen LogP contribution in [-0.4, -0.2) is 51.1 Å². The van der Waals surface area contributed by atoms with Gasteiger partial charge in [0.2, 0.25) is 0 Å². The first-order valence-electron chi connectivity index (χ1n) is 13.3. The Bertz CT molecular complexity index is 1630. The van der Waals surface area contributed by atoms with Crippen LogP contribution in [0.5, 0.6) is 0 Å². The predicted molar refractivity (Wildman–Crippen MR) is 156 cm³/mol. The lowest BCUT2D eigenvalue weighted by Gasteiger charge is -2.05. The Hall–Kier alpha value is -4.53. The number of H-pyrrole nitrogens is 2. The number of rotatable bonds is 6. The van der Waals surface area contributed by atoms with E-state index in [4.69, 9.17) is 24.4 Å². The van der Waals surface area contributed by atoms with Crippen LogP contribution >= 0.6 is 0 Å². The number of hydrogen-bond acceptors (Lipinski definition) is 7. The van der Waals surface area contributed by atoms with Gasteiger partial charge in [0, 0.05) is 46.1 Å². The van der Waals surface area contributed by atoms with Crippen LogP contribution in [0.15, 0.2) is 30.3 Å². The van der Waals surface area contributed by atoms with E-state index in [1.165, 1.54) is 14.2 Å². The fraction of sp³-hybridized carbons (Fsp3) is 0.323. The lowest BCUT2D eigenvalue weighted by Crippen LogP contribution is -2.02. The van der Waals surface area contributed by atoms with Crippen molar-refractivity contribution in [2.45, 2.75) is 53.4 Å². The van der Waals surface area contributed by atoms with Crippen molar-refractivity contribution in [1.29, 1.82) is 0 Å². The van der Waals surface area contributed by atoms with E-state index in [1.807, 2.05) is 26.0 Å². The molecule has 9 nitrogen and oxygen atoms in total. The molecule has 2 aliphatic heterocycles. The van der Waals surface area contributed by atoms with E-state index in [0.29, 0.717) is 24.5 Å². The van der Waals surface area contributed by atoms with Gasteiger partial charge < -0.3 is 19.4 Å². The highest BCUT2D eigenvalue weighted by atomic mass is 16.5. The average molecular weight is 540 g/mol. The molecule has 2 aliphatic rings. The molecule has 0 saturated heterocycles. The van der Waals surface area contributed by atoms with E-state index in [9.17, 15) is 9.59 Å². The summed E-state index contributed by atoms with van der Waals surface area (Å²) in [5.41, 5.74) is 11.2. The summed E-state index contributed by atoms with van der Waals surface area (Å²) in [6.07, 6.45) is 1.28. The topological polar surface area (TPSA) is 123 Å². The molecule has 0 fully saturated rings. The minimum Gasteiger partial charge on any atom is -0.469 e. The van der Waals surface area contributed by atoms with Crippen LogP contribution in [0.1, 0.15) is 73.7 Å². The lowest BCUT2D eigenvalue weighted by atomic mass is 10.0. The molecule has 5 rings (SSSR count). The van der Waals surface area contributed by atoms with Gasteiger partial charge in [-0.2, -0.15) is 0 Å². The molecule has 0 aliphatic carbocycles. The first-order valence-corrected chi connectivity index (χ1v) is 13.3. The SMILES string of the molecule is COC(=O)CCC1=C(C)c2cc3cc(C)c(cc4[nH]c(cc5nc(nc1n2)C(CCC(=O)OC)=C5C)cc4C)[nH]3. The van der Waals surface area contributed by atoms with E-state index >= 15 is 0 Å². The van der Waals surface area contributed by atoms with Crippen molar-refractivity contribution in [2.75, 3.05) is 14.2 Å². The molecule has 0 unspecified atom stereocenters. The van der Waals surface area contributed by atoms with Crippen molar-refractivity contribution in [2.24, 2.45) is 0 Å². The monoisotopic (exact) mass is 539 g/mol. The van der Waals surface area contributed by atoms with Crippen LogP contribution < -0.4 is 0 Å². The van der Waals surface area contributed by atoms with Crippen molar-refractivity contribution in [3.05, 3.63) is 64.5 Å². The minimum atomic E-state index is -0.297. The summed E-state index contributed by atoms with van der Waals surface area (Å²) in [5.74, 6) is 0.426. The third kappa shape index (κ3) is 5.32. The second-order valence-corrected chi connectivity index (χ2v) is 10.2. The smallest absolute Gasteiger partial charge is 0.305 e. The van der Waals surface area contributed by atoms with Gasteiger partial charge >= 0.3 is 11.9 Å². The van der Waals surface area contributed by atoms with Crippen molar-refractivity contribution < 1.29 is 19.1 Å². The maximum atomic E-state index is 12.0. The zero-order chi connectivity index (χ0) is 28.6. The molecule has 9 heteroatoms. The summed E-state index contributed by atoms with van der Waals surface area (Å²) in [7, 11) is 2.77. The van der Waals surface area contributed by atoms with Crippen LogP contribution in [0.2, 0.25) is 0 Å². The normalized spacial score (nSPS) is 13.2. The van der Waals surface area contributed by atoms with Gasteiger partial charge in [-0.25, -0.2) is 15.0 Å². The molecule has 0 radical (unpaired) electrons. The average Bonchev–Trinajstić information content (AvgIpc) is 3.62. The van der Waals surface area contributed by atoms with E-state index in [-0.39, 0.29) is 24.8 Å². The molecule has 40 heavy (non-hydrogen) atoms. The Morgan fingerprint density at radius 2 is 1.07 bits per heavy atom. The van der Waals surface area contributed by atoms with Gasteiger partial charge in [0.05, 0.1) is 25.6 Å². The van der Waals surface area contributed by atoms with E-state index in [2.05, 4.69) is 42.0 Å². The van der Waals surface area contributed by atoms with Crippen LogP contribution in [0.4, 0.5) is 0 Å². The number of aromatic nitrogens is 5. The second-order valence-electron chi connectivity index (χ2n) is 10.2. The zero-order valence-corrected chi connectivity index (χ0v) is 23.7. The maximum Gasteiger partial charge on any atom is 0.305 e. The number of esters is 2. The molecular formula is C31H33N5O4. The number of ether oxygens (including phenoxy) is 2. The van der Waals surface area contributed by atoms with Gasteiger partial charge in [0.25, 0.3) is 0 Å². The Morgan fingerprint density at radius 3 is 1.48 bits per heavy atom. The number of methoxy groups -OCH3 is 2. The lowest BCUT2D eigenvalue weighted by molar-refractivity contribution is -0.141. The maximum absolute atomic E-state index is 12.0. The van der Waals surface area contributed by atoms with Crippen LogP contribution in [-0.2, 0) is 19.1 Å². The zero-order valence-electron chi connectivity index (χ0n) is 23.7. The molecule has 2 N–H and O–H groups in total. The first-order chi connectivity index (χ1) is 19.2. The van der Waals surface area contributed by atoms with Crippen molar-refractivity contribution in [3.8, 4) is 0 Å². The molecular weight excluding hydrogens is 506 g/mol. The third-order valence-electron chi connectivity index (χ3n) is 7.52. The molecule has 206 valence electrons. The number of aromatic amines is 2. The fourth-order valence-electron chi connectivity index (χ4n) is 5.10. The van der Waals surface area contributed by atoms with Gasteiger partial charge in [0.1, 0.15) is 0 Å². The standard InChI is InChI=1S/C31H33N5O4/c1-16-11-20-13-26-18(3)22(7-9-28(37)39-5)30(34-26)36-31-23(8-10-29(38)40-6)19(4)27(35-31)14-21-12-17(2)25(33-21)15-24(16)32-20/h11-15,32-33H,7-10H2,1-6H3. The summed E-state index contributed by atoms with van der Waals surface area (Å²) < 4.78 is 9.77. The van der Waals surface area contributed by atoms with Crippen LogP contribution in [0.25, 0.3) is 44.4 Å². The predicted octanol–water partition coefficient (Wildman–Crippen LogP) is 6.09. The molecule has 0 amide bonds. The van der Waals surface area contributed by atoms with Gasteiger partial charge in [-0.1, -0.05) is 0 Å². The largest absolute Gasteiger partial charge is 0.469 e. The number of fused-ring (bicyclic) bond motifs is 8. The van der Waals surface area contributed by atoms with Gasteiger partial charge in [0.15, 0.2) is 11.6 Å². The van der Waals surface area contributed by atoms with E-state index < -0.39 is 0 Å². The number of aryl methyl sites for hydroxylation is 2. The van der Waals surface area contributed by atoms with Gasteiger partial charge in [-0.15, -0.1) is 0 Å². The summed E-state index contributed by atoms with van der Waals surface area (Å²) in [5, 5.41) is 0. The molecule has 0 aromatic carbocycles. The molecule has 8 bridgehead atoms. The van der Waals surface area contributed by atoms with E-state index in [1.54, 1.807) is 0 Å². The van der Waals surface area contributed by atoms with Crippen molar-refractivity contribution in [3.63, 3.8) is 0 Å². The molecule has 3 aromatic heterocycles. The Balaban J connectivity index is 1.80. The summed E-state index contributed by atoms with van der Waals surface area (Å²) in [6.45, 7) is 8.13. The summed E-state index contributed by atoms with van der Waals surface area (Å²) >= 11 is 0. The summed E-state index contributed by atoms with van der Waals surface area (Å²) in [6, 6.07) is 10.3. The highest BCUT2D eigenvalue weighted by Crippen LogP contribution is 2.35. The molecule has 3 aromatic rings. The Labute approximate surface area is 232 Å². The van der Waals surface area contributed by atoms with E-state index in [0.717, 1.165) is 66.9 Å². The summed E-state index contributed by atoms with van der Waals surface area (Å²) in [4.78, 5) is 45.8. The fourth-order valence-corrected chi connectivity index (χ4v) is 5.10. The highest BCUT2D eigenvalue weighted by Gasteiger charge is 2.23. The Kier molecular flexibility index (Phi) is 7.38. The van der Waals surface area contributed by atoms with Gasteiger partial charge in [-0.05, 0) is 93.1 Å². The van der Waals surface area contributed by atoms with Crippen LogP contribution in [0, 0.1) is 13.8 Å². The Morgan fingerprint density at radius 1 is 0.650 bits per heavy atom. The molecule has 0 atom stereocenters. The number of nitrogens with one attached hydrogen (secondary N) is 2. The highest BCUT2D eigenvalue weighted by molar-refractivity contribution is 5.94. The number of carbonyl (C=O) groups is 2. The van der Waals surface area contributed by atoms with Crippen molar-refractivity contribution >= 4 is 56.3 Å². The third-order valence-corrected chi connectivity index (χ3v) is 7.52. The van der Waals surface area contributed by atoms with Gasteiger partial charge in [-0.3, -0.25) is 9.59 Å². The van der Waals surface area contributed by atoms with Crippen LogP contribution in [0.3, 0.4) is 0 Å². The minimum absolute atomic E-state index is 0.210. The first kappa shape index (κ1) is 27.1. The molecule has 0 spiro atoms.